The van der Waals surface area contributed by atoms with Crippen molar-refractivity contribution in [2.75, 3.05) is 14.2 Å². The second kappa shape index (κ2) is 3.24. The quantitative estimate of drug-likeness (QED) is 0.644. The van der Waals surface area contributed by atoms with Gasteiger partial charge in [-0.3, -0.25) is 0 Å². The molecule has 0 aromatic rings. The third-order valence-corrected chi connectivity index (χ3v) is 1.87. The molecule has 0 aromatic carbocycles. The third kappa shape index (κ3) is 1.73. The molecule has 11 heavy (non-hydrogen) atoms. The van der Waals surface area contributed by atoms with Crippen molar-refractivity contribution in [3.63, 3.8) is 0 Å². The summed E-state index contributed by atoms with van der Waals surface area (Å²) in [4.78, 5) is 0. The van der Waals surface area contributed by atoms with E-state index < -0.39 is 0 Å². The van der Waals surface area contributed by atoms with Crippen LogP contribution in [-0.2, 0) is 4.74 Å². The molecule has 0 aromatic heterocycles. The molecule has 1 atom stereocenters. The fraction of sp³-hybridized carbons (Fsp3) is 0.750. The number of hydrogen-bond acceptors (Lipinski definition) is 3. The van der Waals surface area contributed by atoms with Crippen LogP contribution in [0.2, 0.25) is 0 Å². The van der Waals surface area contributed by atoms with Crippen molar-refractivity contribution in [1.29, 1.82) is 0 Å². The molecule has 0 radical (unpaired) electrons. The highest BCUT2D eigenvalue weighted by atomic mass is 16.5. The molecule has 1 unspecified atom stereocenters. The smallest absolute Gasteiger partial charge is 0.148 e. The summed E-state index contributed by atoms with van der Waals surface area (Å²) in [5.74, 6) is 0.539. The van der Waals surface area contributed by atoms with Crippen LogP contribution in [0.5, 0.6) is 0 Å². The van der Waals surface area contributed by atoms with Crippen molar-refractivity contribution in [3.05, 3.63) is 11.8 Å². The molecule has 3 heteroatoms. The number of nitrogens with zero attached hydrogens (tertiary/aromatic N) is 1. The summed E-state index contributed by atoms with van der Waals surface area (Å²) in [6.45, 7) is 4.33. The van der Waals surface area contributed by atoms with Crippen molar-refractivity contribution in [2.45, 2.75) is 20.1 Å². The van der Waals surface area contributed by atoms with Crippen LogP contribution in [0, 0.1) is 5.92 Å². The highest BCUT2D eigenvalue weighted by molar-refractivity contribution is 5.13. The lowest BCUT2D eigenvalue weighted by molar-refractivity contribution is 0.0695. The summed E-state index contributed by atoms with van der Waals surface area (Å²) >= 11 is 0. The van der Waals surface area contributed by atoms with Gasteiger partial charge in [0.25, 0.3) is 0 Å². The first-order chi connectivity index (χ1) is 5.15. The normalized spacial score (nSPS) is 24.6. The van der Waals surface area contributed by atoms with E-state index in [-0.39, 0.29) is 6.23 Å². The van der Waals surface area contributed by atoms with E-state index in [1.807, 2.05) is 12.1 Å². The fourth-order valence-electron chi connectivity index (χ4n) is 1.23. The van der Waals surface area contributed by atoms with Crippen molar-refractivity contribution < 1.29 is 4.74 Å². The monoisotopic (exact) mass is 156 g/mol. The maximum absolute atomic E-state index is 5.23. The van der Waals surface area contributed by atoms with E-state index in [2.05, 4.69) is 25.5 Å². The Kier molecular flexibility index (Phi) is 2.52. The van der Waals surface area contributed by atoms with Crippen LogP contribution in [-0.4, -0.2) is 25.4 Å². The largest absolute Gasteiger partial charge is 0.361 e. The van der Waals surface area contributed by atoms with Gasteiger partial charge in [-0.1, -0.05) is 13.8 Å². The number of rotatable bonds is 2. The summed E-state index contributed by atoms with van der Waals surface area (Å²) in [5, 5.41) is 1.93. The van der Waals surface area contributed by atoms with Crippen LogP contribution in [0.4, 0.5) is 0 Å². The molecule has 0 amide bonds. The second-order valence-corrected chi connectivity index (χ2v) is 3.14. The molecule has 0 saturated carbocycles. The van der Waals surface area contributed by atoms with Gasteiger partial charge in [0.05, 0.1) is 0 Å². The number of hydrazine groups is 1. The first-order valence-electron chi connectivity index (χ1n) is 3.88. The van der Waals surface area contributed by atoms with Gasteiger partial charge >= 0.3 is 0 Å². The van der Waals surface area contributed by atoms with E-state index in [0.29, 0.717) is 5.92 Å². The van der Waals surface area contributed by atoms with Gasteiger partial charge in [0.15, 0.2) is 0 Å². The Morgan fingerprint density at radius 3 is 2.64 bits per heavy atom. The van der Waals surface area contributed by atoms with E-state index in [0.717, 1.165) is 0 Å². The Morgan fingerprint density at radius 1 is 1.64 bits per heavy atom. The summed E-state index contributed by atoms with van der Waals surface area (Å²) in [6, 6.07) is 0. The maximum Gasteiger partial charge on any atom is 0.148 e. The van der Waals surface area contributed by atoms with E-state index in [1.165, 1.54) is 5.57 Å². The average Bonchev–Trinajstić information content (AvgIpc) is 2.30. The zero-order valence-electron chi connectivity index (χ0n) is 7.59. The molecule has 1 aliphatic heterocycles. The van der Waals surface area contributed by atoms with Crippen LogP contribution in [0.15, 0.2) is 11.8 Å². The van der Waals surface area contributed by atoms with Gasteiger partial charge in [-0.05, 0) is 11.5 Å². The van der Waals surface area contributed by atoms with Crippen LogP contribution in [0.3, 0.4) is 0 Å². The Hall–Kier alpha value is -0.540. The maximum atomic E-state index is 5.23. The topological polar surface area (TPSA) is 24.5 Å². The molecule has 1 heterocycles. The molecule has 1 rings (SSSR count). The predicted octanol–water partition coefficient (Wildman–Crippen LogP) is 0.949. The molecule has 3 nitrogen and oxygen atoms in total. The molecular weight excluding hydrogens is 140 g/mol. The van der Waals surface area contributed by atoms with Gasteiger partial charge < -0.3 is 9.75 Å². The second-order valence-electron chi connectivity index (χ2n) is 3.14. The minimum absolute atomic E-state index is 0.0694. The average molecular weight is 156 g/mol. The van der Waals surface area contributed by atoms with Gasteiger partial charge in [-0.2, -0.15) is 0 Å². The summed E-state index contributed by atoms with van der Waals surface area (Å²) < 4.78 is 5.23. The summed E-state index contributed by atoms with van der Waals surface area (Å²) in [7, 11) is 3.69. The number of ether oxygens (including phenoxy) is 1. The zero-order chi connectivity index (χ0) is 8.43. The zero-order valence-corrected chi connectivity index (χ0v) is 7.59. The molecule has 0 spiro atoms. The number of hydrogen-bond donors (Lipinski definition) is 1. The van der Waals surface area contributed by atoms with Crippen LogP contribution in [0.1, 0.15) is 13.8 Å². The summed E-state index contributed by atoms with van der Waals surface area (Å²) in [5.41, 5.74) is 4.45. The van der Waals surface area contributed by atoms with Gasteiger partial charge in [-0.15, -0.1) is 0 Å². The lowest BCUT2D eigenvalue weighted by atomic mass is 10.0. The van der Waals surface area contributed by atoms with E-state index in [1.54, 1.807) is 7.11 Å². The van der Waals surface area contributed by atoms with Crippen LogP contribution >= 0.6 is 0 Å². The van der Waals surface area contributed by atoms with E-state index in [4.69, 9.17) is 4.74 Å². The predicted molar refractivity (Wildman–Crippen MR) is 44.6 cm³/mol. The minimum atomic E-state index is 0.0694. The van der Waals surface area contributed by atoms with Gasteiger partial charge in [-0.25, -0.2) is 5.43 Å². The SMILES string of the molecule is COC1NN(C)C=C1C(C)C. The first kappa shape index (κ1) is 8.56. The molecule has 0 aliphatic carbocycles. The molecular formula is C8H16N2O. The van der Waals surface area contributed by atoms with Crippen molar-refractivity contribution in [2.24, 2.45) is 5.92 Å². The van der Waals surface area contributed by atoms with Crippen molar-refractivity contribution in [3.8, 4) is 0 Å². The van der Waals surface area contributed by atoms with E-state index >= 15 is 0 Å². The first-order valence-corrected chi connectivity index (χ1v) is 3.88. The number of methoxy groups -OCH3 is 1. The third-order valence-electron chi connectivity index (χ3n) is 1.87. The molecule has 64 valence electrons. The molecule has 0 saturated heterocycles. The number of nitrogens with one attached hydrogen (secondary N) is 1. The Morgan fingerprint density at radius 2 is 2.27 bits per heavy atom. The van der Waals surface area contributed by atoms with Gasteiger partial charge in [0.1, 0.15) is 6.23 Å². The van der Waals surface area contributed by atoms with Crippen LogP contribution < -0.4 is 5.43 Å². The fourth-order valence-corrected chi connectivity index (χ4v) is 1.23. The Bertz CT molecular complexity index is 165. The standard InChI is InChI=1S/C8H16N2O/c1-6(2)7-5-10(3)9-8(7)11-4/h5-6,8-9H,1-4H3. The van der Waals surface area contributed by atoms with Crippen molar-refractivity contribution in [1.82, 2.24) is 10.4 Å². The lowest BCUT2D eigenvalue weighted by Crippen LogP contribution is -2.35. The molecule has 1 N–H and O–H groups in total. The van der Waals surface area contributed by atoms with E-state index in [9.17, 15) is 0 Å². The van der Waals surface area contributed by atoms with Gasteiger partial charge in [0, 0.05) is 20.4 Å². The Balaban J connectivity index is 2.66. The van der Waals surface area contributed by atoms with Crippen molar-refractivity contribution >= 4 is 0 Å². The lowest BCUT2D eigenvalue weighted by Gasteiger charge is -2.16. The highest BCUT2D eigenvalue weighted by Gasteiger charge is 2.22. The van der Waals surface area contributed by atoms with Crippen LogP contribution in [0.25, 0.3) is 0 Å². The molecule has 1 aliphatic rings. The molecule has 0 fully saturated rings. The van der Waals surface area contributed by atoms with Gasteiger partial charge in [0.2, 0.25) is 0 Å². The molecule has 0 bridgehead atoms. The summed E-state index contributed by atoms with van der Waals surface area (Å²) in [6.07, 6.45) is 2.15. The highest BCUT2D eigenvalue weighted by Crippen LogP contribution is 2.19. The Labute approximate surface area is 68.0 Å². The minimum Gasteiger partial charge on any atom is -0.361 e.